The van der Waals surface area contributed by atoms with E-state index in [1.165, 1.54) is 31.3 Å². The number of nitrogens with zero attached hydrogens (tertiary/aromatic N) is 2. The van der Waals surface area contributed by atoms with E-state index in [9.17, 15) is 9.59 Å². The molecule has 1 aliphatic rings. The number of urea groups is 1. The molecule has 0 atom stereocenters. The van der Waals surface area contributed by atoms with Crippen molar-refractivity contribution in [3.8, 4) is 17.2 Å². The van der Waals surface area contributed by atoms with Crippen LogP contribution in [0, 0.1) is 0 Å². The van der Waals surface area contributed by atoms with E-state index in [-0.39, 0.29) is 18.4 Å². The number of nitrogens with one attached hydrogen (secondary N) is 1. The second kappa shape index (κ2) is 9.68. The fraction of sp³-hybridized carbons (Fsp3) is 0.280. The molecular weight excluding hydrogens is 422 g/mol. The zero-order valence-corrected chi connectivity index (χ0v) is 19.0. The van der Waals surface area contributed by atoms with Gasteiger partial charge in [0.2, 0.25) is 11.7 Å². The van der Waals surface area contributed by atoms with Crippen LogP contribution in [0.2, 0.25) is 0 Å². The largest absolute Gasteiger partial charge is 0.493 e. The topological polar surface area (TPSA) is 80.3 Å². The van der Waals surface area contributed by atoms with Crippen LogP contribution in [0.25, 0.3) is 10.8 Å². The molecule has 0 aliphatic carbocycles. The third kappa shape index (κ3) is 4.50. The highest BCUT2D eigenvalue weighted by molar-refractivity contribution is 6.02. The van der Waals surface area contributed by atoms with Crippen molar-refractivity contribution in [2.24, 2.45) is 0 Å². The maximum absolute atomic E-state index is 13.1. The van der Waals surface area contributed by atoms with Crippen LogP contribution in [-0.2, 0) is 11.2 Å². The summed E-state index contributed by atoms with van der Waals surface area (Å²) in [4.78, 5) is 26.2. The summed E-state index contributed by atoms with van der Waals surface area (Å²) in [5.41, 5.74) is 1.41. The molecule has 1 aliphatic heterocycles. The summed E-state index contributed by atoms with van der Waals surface area (Å²) in [6.45, 7) is 0.948. The molecule has 0 radical (unpaired) electrons. The number of anilines is 1. The number of rotatable bonds is 6. The van der Waals surface area contributed by atoms with E-state index in [1.54, 1.807) is 12.1 Å². The molecule has 3 amide bonds. The minimum absolute atomic E-state index is 0.0920. The second-order valence-corrected chi connectivity index (χ2v) is 7.66. The molecule has 0 saturated carbocycles. The maximum Gasteiger partial charge on any atom is 0.340 e. The SMILES string of the molecule is COc1cc(CC(=O)N2CCCN2C(=O)Nc2cccc3ccccc23)cc(OC)c1OC. The van der Waals surface area contributed by atoms with Gasteiger partial charge in [0.05, 0.1) is 33.4 Å². The average Bonchev–Trinajstić information content (AvgIpc) is 3.34. The van der Waals surface area contributed by atoms with Crippen molar-refractivity contribution in [3.05, 3.63) is 60.2 Å². The zero-order chi connectivity index (χ0) is 23.4. The van der Waals surface area contributed by atoms with Crippen molar-refractivity contribution in [2.45, 2.75) is 12.8 Å². The molecular formula is C25H27N3O5. The summed E-state index contributed by atoms with van der Waals surface area (Å²) < 4.78 is 16.1. The molecule has 8 nitrogen and oxygen atoms in total. The predicted octanol–water partition coefficient (Wildman–Crippen LogP) is 4.09. The molecule has 0 spiro atoms. The van der Waals surface area contributed by atoms with Crippen molar-refractivity contribution >= 4 is 28.4 Å². The van der Waals surface area contributed by atoms with E-state index in [0.717, 1.165) is 10.8 Å². The van der Waals surface area contributed by atoms with E-state index < -0.39 is 0 Å². The molecule has 4 rings (SSSR count). The normalized spacial score (nSPS) is 13.2. The van der Waals surface area contributed by atoms with Gasteiger partial charge in [-0.25, -0.2) is 14.8 Å². The molecule has 0 unspecified atom stereocenters. The van der Waals surface area contributed by atoms with Gasteiger partial charge in [-0.05, 0) is 35.6 Å². The van der Waals surface area contributed by atoms with Crippen LogP contribution in [0.4, 0.5) is 10.5 Å². The van der Waals surface area contributed by atoms with Crippen molar-refractivity contribution in [2.75, 3.05) is 39.7 Å². The van der Waals surface area contributed by atoms with E-state index in [2.05, 4.69) is 5.32 Å². The maximum atomic E-state index is 13.1. The molecule has 3 aromatic carbocycles. The van der Waals surface area contributed by atoms with Crippen molar-refractivity contribution in [3.63, 3.8) is 0 Å². The number of amides is 3. The first kappa shape index (κ1) is 22.3. The van der Waals surface area contributed by atoms with Crippen LogP contribution in [-0.4, -0.2) is 56.4 Å². The highest BCUT2D eigenvalue weighted by Crippen LogP contribution is 2.38. The summed E-state index contributed by atoms with van der Waals surface area (Å²) in [6.07, 6.45) is 0.804. The van der Waals surface area contributed by atoms with Gasteiger partial charge in [-0.15, -0.1) is 0 Å². The van der Waals surface area contributed by atoms with Crippen molar-refractivity contribution in [1.82, 2.24) is 10.0 Å². The summed E-state index contributed by atoms with van der Waals surface area (Å²) >= 11 is 0. The Morgan fingerprint density at radius 3 is 2.24 bits per heavy atom. The number of hydrogen-bond acceptors (Lipinski definition) is 5. The molecule has 172 valence electrons. The molecule has 1 heterocycles. The molecule has 3 aromatic rings. The number of carbonyl (C=O) groups is 2. The van der Waals surface area contributed by atoms with Gasteiger partial charge in [0.25, 0.3) is 0 Å². The van der Waals surface area contributed by atoms with Crippen LogP contribution in [0.1, 0.15) is 12.0 Å². The van der Waals surface area contributed by atoms with E-state index in [4.69, 9.17) is 14.2 Å². The molecule has 1 saturated heterocycles. The lowest BCUT2D eigenvalue weighted by Gasteiger charge is -2.28. The number of fused-ring (bicyclic) bond motifs is 1. The minimum Gasteiger partial charge on any atom is -0.493 e. The predicted molar refractivity (Wildman–Crippen MR) is 126 cm³/mol. The molecule has 8 heteroatoms. The second-order valence-electron chi connectivity index (χ2n) is 7.66. The van der Waals surface area contributed by atoms with Crippen molar-refractivity contribution < 1.29 is 23.8 Å². The summed E-state index contributed by atoms with van der Waals surface area (Å²) in [5, 5.41) is 7.92. The first-order valence-corrected chi connectivity index (χ1v) is 10.7. The number of benzene rings is 3. The van der Waals surface area contributed by atoms with Crippen LogP contribution < -0.4 is 19.5 Å². The summed E-state index contributed by atoms with van der Waals surface area (Å²) in [7, 11) is 4.59. The molecule has 1 N–H and O–H groups in total. The van der Waals surface area contributed by atoms with E-state index in [0.29, 0.717) is 48.0 Å². The summed E-state index contributed by atoms with van der Waals surface area (Å²) in [5.74, 6) is 1.24. The first-order valence-electron chi connectivity index (χ1n) is 10.7. The zero-order valence-electron chi connectivity index (χ0n) is 19.0. The van der Waals surface area contributed by atoms with Gasteiger partial charge in [-0.1, -0.05) is 36.4 Å². The standard InChI is InChI=1S/C25H27N3O5/c1-31-21-14-17(15-22(32-2)24(21)33-3)16-23(29)27-12-7-13-28(27)25(30)26-20-11-6-9-18-8-4-5-10-19(18)20/h4-6,8-11,14-15H,7,12-13,16H2,1-3H3,(H,26,30). The smallest absolute Gasteiger partial charge is 0.340 e. The third-order valence-corrected chi connectivity index (χ3v) is 5.66. The van der Waals surface area contributed by atoms with Crippen molar-refractivity contribution in [1.29, 1.82) is 0 Å². The number of ether oxygens (including phenoxy) is 3. The van der Waals surface area contributed by atoms with Gasteiger partial charge < -0.3 is 19.5 Å². The lowest BCUT2D eigenvalue weighted by atomic mass is 10.1. The Kier molecular flexibility index (Phi) is 6.53. The molecule has 0 bridgehead atoms. The Morgan fingerprint density at radius 2 is 1.55 bits per heavy atom. The Hall–Kier alpha value is -3.94. The van der Waals surface area contributed by atoms with Gasteiger partial charge in [0, 0.05) is 18.5 Å². The Morgan fingerprint density at radius 1 is 0.879 bits per heavy atom. The minimum atomic E-state index is -0.331. The Balaban J connectivity index is 1.51. The highest BCUT2D eigenvalue weighted by atomic mass is 16.5. The Labute approximate surface area is 192 Å². The van der Waals surface area contributed by atoms with Gasteiger partial charge in [0.1, 0.15) is 0 Å². The van der Waals surface area contributed by atoms with E-state index >= 15 is 0 Å². The fourth-order valence-corrected chi connectivity index (χ4v) is 4.10. The monoisotopic (exact) mass is 449 g/mol. The molecule has 1 fully saturated rings. The van der Waals surface area contributed by atoms with E-state index in [1.807, 2.05) is 42.5 Å². The van der Waals surface area contributed by atoms with Gasteiger partial charge in [0.15, 0.2) is 11.5 Å². The van der Waals surface area contributed by atoms with Crippen LogP contribution in [0.5, 0.6) is 17.2 Å². The molecule has 33 heavy (non-hydrogen) atoms. The number of hydrogen-bond donors (Lipinski definition) is 1. The summed E-state index contributed by atoms with van der Waals surface area (Å²) in [6, 6.07) is 16.8. The van der Waals surface area contributed by atoms with Crippen LogP contribution in [0.15, 0.2) is 54.6 Å². The van der Waals surface area contributed by atoms with Gasteiger partial charge in [-0.3, -0.25) is 4.79 Å². The third-order valence-electron chi connectivity index (χ3n) is 5.66. The Bertz CT molecular complexity index is 1150. The molecule has 0 aromatic heterocycles. The lowest BCUT2D eigenvalue weighted by molar-refractivity contribution is -0.139. The number of methoxy groups -OCH3 is 3. The van der Waals surface area contributed by atoms with Crippen LogP contribution in [0.3, 0.4) is 0 Å². The highest BCUT2D eigenvalue weighted by Gasteiger charge is 2.31. The number of carbonyl (C=O) groups excluding carboxylic acids is 2. The first-order chi connectivity index (χ1) is 16.0. The van der Waals surface area contributed by atoms with Gasteiger partial charge in [-0.2, -0.15) is 0 Å². The lowest BCUT2D eigenvalue weighted by Crippen LogP contribution is -2.47. The quantitative estimate of drug-likeness (QED) is 0.613. The van der Waals surface area contributed by atoms with Gasteiger partial charge >= 0.3 is 6.03 Å². The average molecular weight is 450 g/mol. The van der Waals surface area contributed by atoms with Crippen LogP contribution >= 0.6 is 0 Å². The number of hydrazine groups is 1. The fourth-order valence-electron chi connectivity index (χ4n) is 4.10.